The Labute approximate surface area is 81.2 Å². The van der Waals surface area contributed by atoms with Gasteiger partial charge in [-0.05, 0) is 39.3 Å². The number of hydrogen-bond donors (Lipinski definition) is 1. The highest BCUT2D eigenvalue weighted by Crippen LogP contribution is 2.42. The number of allylic oxidation sites excluding steroid dienone is 4. The van der Waals surface area contributed by atoms with Gasteiger partial charge in [0.05, 0.1) is 0 Å². The third kappa shape index (κ3) is 2.31. The summed E-state index contributed by atoms with van der Waals surface area (Å²) in [6, 6.07) is 0. The summed E-state index contributed by atoms with van der Waals surface area (Å²) in [5.41, 5.74) is 1.68. The summed E-state index contributed by atoms with van der Waals surface area (Å²) in [7, 11) is 2.04. The fraction of sp³-hybridized carbons (Fsp3) is 0.500. The van der Waals surface area contributed by atoms with Gasteiger partial charge in [0.1, 0.15) is 0 Å². The molecule has 1 aliphatic carbocycles. The summed E-state index contributed by atoms with van der Waals surface area (Å²) in [6.07, 6.45) is 13.2. The molecule has 0 aromatic rings. The molecule has 0 bridgehead atoms. The fourth-order valence-electron chi connectivity index (χ4n) is 1.56. The summed E-state index contributed by atoms with van der Waals surface area (Å²) < 4.78 is 0. The first-order chi connectivity index (χ1) is 6.29. The molecule has 1 N–H and O–H groups in total. The molecule has 1 heteroatoms. The SMILES string of the molecule is C\C=C/C=C(\C=C/C)C1(NC)CC1. The summed E-state index contributed by atoms with van der Waals surface area (Å²) >= 11 is 0. The smallest absolute Gasteiger partial charge is 0.0433 e. The first kappa shape index (κ1) is 10.3. The van der Waals surface area contributed by atoms with E-state index in [0.29, 0.717) is 0 Å². The van der Waals surface area contributed by atoms with Crippen LogP contribution in [-0.4, -0.2) is 12.6 Å². The lowest BCUT2D eigenvalue weighted by Crippen LogP contribution is -2.28. The maximum absolute atomic E-state index is 3.39. The third-order valence-corrected chi connectivity index (χ3v) is 2.60. The van der Waals surface area contributed by atoms with E-state index in [1.807, 2.05) is 14.0 Å². The van der Waals surface area contributed by atoms with Crippen molar-refractivity contribution in [2.45, 2.75) is 32.2 Å². The van der Waals surface area contributed by atoms with Crippen molar-refractivity contribution in [1.82, 2.24) is 5.32 Å². The molecule has 0 aliphatic heterocycles. The molecule has 0 spiro atoms. The van der Waals surface area contributed by atoms with Crippen molar-refractivity contribution in [1.29, 1.82) is 0 Å². The summed E-state index contributed by atoms with van der Waals surface area (Å²) in [5.74, 6) is 0. The fourth-order valence-corrected chi connectivity index (χ4v) is 1.56. The first-order valence-electron chi connectivity index (χ1n) is 4.94. The number of hydrogen-bond acceptors (Lipinski definition) is 1. The van der Waals surface area contributed by atoms with Gasteiger partial charge in [0, 0.05) is 5.54 Å². The Morgan fingerprint density at radius 2 is 1.92 bits per heavy atom. The van der Waals surface area contributed by atoms with Crippen LogP contribution in [0.5, 0.6) is 0 Å². The second-order valence-electron chi connectivity index (χ2n) is 3.48. The van der Waals surface area contributed by atoms with Gasteiger partial charge >= 0.3 is 0 Å². The maximum Gasteiger partial charge on any atom is 0.0433 e. The molecule has 0 saturated heterocycles. The van der Waals surface area contributed by atoms with Crippen LogP contribution in [0.4, 0.5) is 0 Å². The van der Waals surface area contributed by atoms with Gasteiger partial charge in [-0.15, -0.1) is 0 Å². The zero-order chi connectivity index (χ0) is 9.73. The minimum Gasteiger partial charge on any atom is -0.310 e. The molecule has 72 valence electrons. The van der Waals surface area contributed by atoms with Gasteiger partial charge in [0.25, 0.3) is 0 Å². The van der Waals surface area contributed by atoms with Gasteiger partial charge in [-0.25, -0.2) is 0 Å². The van der Waals surface area contributed by atoms with Crippen LogP contribution in [0.1, 0.15) is 26.7 Å². The van der Waals surface area contributed by atoms with Crippen LogP contribution in [0.3, 0.4) is 0 Å². The Bertz CT molecular complexity index is 242. The van der Waals surface area contributed by atoms with Gasteiger partial charge in [0.2, 0.25) is 0 Å². The Hall–Kier alpha value is -0.820. The van der Waals surface area contributed by atoms with Crippen LogP contribution in [-0.2, 0) is 0 Å². The molecule has 1 nitrogen and oxygen atoms in total. The predicted molar refractivity (Wildman–Crippen MR) is 58.7 cm³/mol. The monoisotopic (exact) mass is 177 g/mol. The molecule has 1 aliphatic rings. The van der Waals surface area contributed by atoms with Gasteiger partial charge in [-0.1, -0.05) is 30.4 Å². The van der Waals surface area contributed by atoms with Crippen LogP contribution in [0, 0.1) is 0 Å². The van der Waals surface area contributed by atoms with Crippen molar-refractivity contribution >= 4 is 0 Å². The highest BCUT2D eigenvalue weighted by atomic mass is 15.0. The minimum absolute atomic E-state index is 0.284. The topological polar surface area (TPSA) is 12.0 Å². The highest BCUT2D eigenvalue weighted by Gasteiger charge is 2.43. The molecule has 0 aromatic carbocycles. The second-order valence-corrected chi connectivity index (χ2v) is 3.48. The Balaban J connectivity index is 2.79. The summed E-state index contributed by atoms with van der Waals surface area (Å²) in [4.78, 5) is 0. The Morgan fingerprint density at radius 1 is 1.23 bits per heavy atom. The van der Waals surface area contributed by atoms with E-state index < -0.39 is 0 Å². The lowest BCUT2D eigenvalue weighted by atomic mass is 10.0. The lowest BCUT2D eigenvalue weighted by molar-refractivity contribution is 0.646. The highest BCUT2D eigenvalue weighted by molar-refractivity contribution is 5.39. The van der Waals surface area contributed by atoms with E-state index in [1.165, 1.54) is 18.4 Å². The van der Waals surface area contributed by atoms with E-state index in [1.54, 1.807) is 0 Å². The van der Waals surface area contributed by atoms with Gasteiger partial charge in [-0.2, -0.15) is 0 Å². The van der Waals surface area contributed by atoms with Crippen molar-refractivity contribution in [3.63, 3.8) is 0 Å². The van der Waals surface area contributed by atoms with Crippen molar-refractivity contribution in [3.8, 4) is 0 Å². The molecule has 0 heterocycles. The normalized spacial score (nSPS) is 21.6. The Kier molecular flexibility index (Phi) is 3.49. The lowest BCUT2D eigenvalue weighted by Gasteiger charge is -2.15. The molecule has 0 atom stereocenters. The van der Waals surface area contributed by atoms with Crippen LogP contribution < -0.4 is 5.32 Å². The molecular weight excluding hydrogens is 158 g/mol. The van der Waals surface area contributed by atoms with Gasteiger partial charge in [-0.3, -0.25) is 0 Å². The average molecular weight is 177 g/mol. The zero-order valence-electron chi connectivity index (χ0n) is 8.80. The molecule has 0 unspecified atom stereocenters. The van der Waals surface area contributed by atoms with E-state index >= 15 is 0 Å². The molecular formula is C12H19N. The molecule has 0 amide bonds. The third-order valence-electron chi connectivity index (χ3n) is 2.60. The van der Waals surface area contributed by atoms with Crippen molar-refractivity contribution in [2.24, 2.45) is 0 Å². The average Bonchev–Trinajstić information content (AvgIpc) is 2.93. The largest absolute Gasteiger partial charge is 0.310 e. The minimum atomic E-state index is 0.284. The van der Waals surface area contributed by atoms with Crippen LogP contribution in [0.2, 0.25) is 0 Å². The summed E-state index contributed by atoms with van der Waals surface area (Å²) in [5, 5.41) is 3.39. The Morgan fingerprint density at radius 3 is 2.31 bits per heavy atom. The van der Waals surface area contributed by atoms with Crippen molar-refractivity contribution < 1.29 is 0 Å². The molecule has 0 radical (unpaired) electrons. The molecule has 0 aromatic heterocycles. The van der Waals surface area contributed by atoms with Gasteiger partial charge < -0.3 is 5.32 Å². The van der Waals surface area contributed by atoms with Crippen LogP contribution >= 0.6 is 0 Å². The number of likely N-dealkylation sites (N-methyl/N-ethyl adjacent to an activating group) is 1. The van der Waals surface area contributed by atoms with E-state index in [-0.39, 0.29) is 5.54 Å². The van der Waals surface area contributed by atoms with Gasteiger partial charge in [0.15, 0.2) is 0 Å². The first-order valence-corrected chi connectivity index (χ1v) is 4.94. The van der Waals surface area contributed by atoms with Crippen molar-refractivity contribution in [3.05, 3.63) is 36.0 Å². The molecule has 13 heavy (non-hydrogen) atoms. The maximum atomic E-state index is 3.39. The summed E-state index contributed by atoms with van der Waals surface area (Å²) in [6.45, 7) is 4.11. The number of nitrogens with one attached hydrogen (secondary N) is 1. The molecule has 1 fully saturated rings. The van der Waals surface area contributed by atoms with Crippen molar-refractivity contribution in [2.75, 3.05) is 7.05 Å². The number of rotatable bonds is 4. The van der Waals surface area contributed by atoms with E-state index in [4.69, 9.17) is 0 Å². The second kappa shape index (κ2) is 4.43. The van der Waals surface area contributed by atoms with Crippen LogP contribution in [0.15, 0.2) is 36.0 Å². The van der Waals surface area contributed by atoms with E-state index in [2.05, 4.69) is 42.6 Å². The standard InChI is InChI=1S/C12H19N/c1-4-6-8-11(7-5-2)12(13-3)9-10-12/h4-8,13H,9-10H2,1-3H3/b6-4-,7-5-,11-8+. The predicted octanol–water partition coefficient (Wildman–Crippen LogP) is 2.82. The zero-order valence-corrected chi connectivity index (χ0v) is 8.80. The molecule has 1 rings (SSSR count). The van der Waals surface area contributed by atoms with Crippen LogP contribution in [0.25, 0.3) is 0 Å². The van der Waals surface area contributed by atoms with E-state index in [9.17, 15) is 0 Å². The quantitative estimate of drug-likeness (QED) is 0.651. The molecule has 1 saturated carbocycles. The van der Waals surface area contributed by atoms with E-state index in [0.717, 1.165) is 0 Å².